The first-order valence-corrected chi connectivity index (χ1v) is 9.46. The molecule has 2 aliphatic rings. The maximum absolute atomic E-state index is 6.02. The van der Waals surface area contributed by atoms with E-state index < -0.39 is 0 Å². The van der Waals surface area contributed by atoms with E-state index in [9.17, 15) is 0 Å². The predicted molar refractivity (Wildman–Crippen MR) is 105 cm³/mol. The number of aromatic amines is 1. The lowest BCUT2D eigenvalue weighted by Gasteiger charge is -2.24. The van der Waals surface area contributed by atoms with E-state index in [1.54, 1.807) is 7.11 Å². The van der Waals surface area contributed by atoms with Crippen LogP contribution in [0, 0.1) is 0 Å². The van der Waals surface area contributed by atoms with Gasteiger partial charge in [0.15, 0.2) is 0 Å². The molecule has 0 saturated carbocycles. The molecule has 8 nitrogen and oxygen atoms in total. The minimum Gasteiger partial charge on any atom is -0.473 e. The van der Waals surface area contributed by atoms with E-state index in [4.69, 9.17) is 14.5 Å². The molecule has 1 fully saturated rings. The lowest BCUT2D eigenvalue weighted by molar-refractivity contribution is 0.145. The smallest absolute Gasteiger partial charge is 0.214 e. The van der Waals surface area contributed by atoms with Gasteiger partial charge in [-0.2, -0.15) is 5.10 Å². The van der Waals surface area contributed by atoms with Crippen LogP contribution in [0.1, 0.15) is 17.8 Å². The van der Waals surface area contributed by atoms with Crippen LogP contribution in [0.15, 0.2) is 36.8 Å². The summed E-state index contributed by atoms with van der Waals surface area (Å²) in [4.78, 5) is 9.33. The second-order valence-corrected chi connectivity index (χ2v) is 7.02. The van der Waals surface area contributed by atoms with Crippen molar-refractivity contribution in [1.29, 1.82) is 0 Å². The Kier molecular flexibility index (Phi) is 4.42. The van der Waals surface area contributed by atoms with Crippen molar-refractivity contribution in [2.24, 2.45) is 0 Å². The maximum Gasteiger partial charge on any atom is 0.214 e. The zero-order valence-electron chi connectivity index (χ0n) is 15.6. The van der Waals surface area contributed by atoms with E-state index in [-0.39, 0.29) is 12.2 Å². The van der Waals surface area contributed by atoms with Crippen molar-refractivity contribution in [3.63, 3.8) is 0 Å². The molecular weight excluding hydrogens is 356 g/mol. The van der Waals surface area contributed by atoms with E-state index in [1.807, 2.05) is 36.8 Å². The lowest BCUT2D eigenvalue weighted by atomic mass is 9.99. The Hall–Kier alpha value is -2.97. The van der Waals surface area contributed by atoms with Crippen molar-refractivity contribution in [3.8, 4) is 17.3 Å². The minimum absolute atomic E-state index is 0.0576. The van der Waals surface area contributed by atoms with Crippen LogP contribution in [-0.2, 0) is 11.2 Å². The van der Waals surface area contributed by atoms with Crippen LogP contribution >= 0.6 is 0 Å². The summed E-state index contributed by atoms with van der Waals surface area (Å²) in [5, 5.41) is 10.3. The fourth-order valence-corrected chi connectivity index (χ4v) is 3.78. The van der Waals surface area contributed by atoms with Crippen LogP contribution in [0.2, 0.25) is 0 Å². The number of rotatable bonds is 5. The second kappa shape index (κ2) is 7.21. The van der Waals surface area contributed by atoms with E-state index >= 15 is 0 Å². The van der Waals surface area contributed by atoms with Crippen LogP contribution in [0.4, 0.5) is 0 Å². The third-order valence-electron chi connectivity index (χ3n) is 5.26. The highest BCUT2D eigenvalue weighted by Crippen LogP contribution is 2.32. The Morgan fingerprint density at radius 3 is 3.00 bits per heavy atom. The van der Waals surface area contributed by atoms with E-state index in [0.717, 1.165) is 47.9 Å². The van der Waals surface area contributed by atoms with Crippen molar-refractivity contribution in [1.82, 2.24) is 30.0 Å². The third kappa shape index (κ3) is 3.10. The van der Waals surface area contributed by atoms with Gasteiger partial charge < -0.3 is 19.4 Å². The fraction of sp³-hybridized carbons (Fsp3) is 0.350. The Labute approximate surface area is 162 Å². The molecule has 0 bridgehead atoms. The monoisotopic (exact) mass is 378 g/mol. The Bertz CT molecular complexity index is 988. The molecule has 144 valence electrons. The van der Waals surface area contributed by atoms with E-state index in [0.29, 0.717) is 12.3 Å². The zero-order valence-corrected chi connectivity index (χ0v) is 15.6. The number of ether oxygens (including phenoxy) is 2. The quantitative estimate of drug-likeness (QED) is 0.706. The predicted octanol–water partition coefficient (Wildman–Crippen LogP) is 1.98. The molecule has 2 aliphatic heterocycles. The molecule has 2 atom stereocenters. The van der Waals surface area contributed by atoms with Gasteiger partial charge in [0.25, 0.3) is 0 Å². The van der Waals surface area contributed by atoms with Crippen molar-refractivity contribution in [2.75, 3.05) is 20.2 Å². The van der Waals surface area contributed by atoms with Gasteiger partial charge in [-0.1, -0.05) is 6.07 Å². The molecule has 5 rings (SSSR count). The fourth-order valence-electron chi connectivity index (χ4n) is 3.78. The van der Waals surface area contributed by atoms with Crippen molar-refractivity contribution >= 4 is 11.8 Å². The molecule has 28 heavy (non-hydrogen) atoms. The number of nitrogens with one attached hydrogen (secondary N) is 2. The average Bonchev–Trinajstić information content (AvgIpc) is 3.48. The second-order valence-electron chi connectivity index (χ2n) is 7.02. The number of H-pyrrole nitrogens is 1. The highest BCUT2D eigenvalue weighted by Gasteiger charge is 2.26. The minimum atomic E-state index is -0.0576. The summed E-state index contributed by atoms with van der Waals surface area (Å²) in [5.41, 5.74) is 3.84. The van der Waals surface area contributed by atoms with Gasteiger partial charge in [0.2, 0.25) is 5.88 Å². The summed E-state index contributed by atoms with van der Waals surface area (Å²) >= 11 is 0. The summed E-state index contributed by atoms with van der Waals surface area (Å²) in [6.45, 7) is 1.85. The lowest BCUT2D eigenvalue weighted by Crippen LogP contribution is -2.23. The van der Waals surface area contributed by atoms with Gasteiger partial charge in [-0.25, -0.2) is 9.97 Å². The molecule has 0 aliphatic carbocycles. The van der Waals surface area contributed by atoms with Crippen molar-refractivity contribution in [3.05, 3.63) is 48.2 Å². The van der Waals surface area contributed by atoms with Crippen LogP contribution < -0.4 is 10.1 Å². The molecule has 2 N–H and O–H groups in total. The van der Waals surface area contributed by atoms with Crippen LogP contribution in [0.5, 0.6) is 5.88 Å². The first-order valence-electron chi connectivity index (χ1n) is 9.46. The molecule has 0 amide bonds. The topological polar surface area (TPSA) is 89.9 Å². The molecule has 0 spiro atoms. The molecule has 3 aromatic rings. The number of methoxy groups -OCH3 is 1. The Morgan fingerprint density at radius 1 is 1.25 bits per heavy atom. The average molecular weight is 378 g/mol. The standard InChI is InChI=1S/C20H22N6O2/c1-27-18-7-19-22-11-17(26(19)12-15(18)13-8-23-24-9-13)16-3-2-4-20(25-16)28-14-5-6-21-10-14/h2-4,8-9,11-12,14,18,21H,5-7,10H2,1H3,(H,23,24). The highest BCUT2D eigenvalue weighted by molar-refractivity contribution is 5.81. The first-order chi connectivity index (χ1) is 13.8. The van der Waals surface area contributed by atoms with Crippen molar-refractivity contribution < 1.29 is 9.47 Å². The SMILES string of the molecule is COC1Cc2ncc(-c3cccc(OC4CCNC4)n3)n2C=C1c1cn[nH]c1. The zero-order chi connectivity index (χ0) is 18.9. The number of fused-ring (bicyclic) bond motifs is 1. The molecule has 1 saturated heterocycles. The van der Waals surface area contributed by atoms with Gasteiger partial charge in [-0.3, -0.25) is 5.10 Å². The van der Waals surface area contributed by atoms with Gasteiger partial charge in [-0.15, -0.1) is 0 Å². The Balaban J connectivity index is 1.50. The van der Waals surface area contributed by atoms with Crippen LogP contribution in [-0.4, -0.2) is 57.1 Å². The largest absolute Gasteiger partial charge is 0.473 e. The number of aromatic nitrogens is 5. The summed E-state index contributed by atoms with van der Waals surface area (Å²) in [5.74, 6) is 1.59. The molecule has 0 radical (unpaired) electrons. The van der Waals surface area contributed by atoms with E-state index in [2.05, 4.69) is 31.3 Å². The van der Waals surface area contributed by atoms with Gasteiger partial charge in [-0.05, 0) is 19.0 Å². The number of pyridine rings is 1. The first kappa shape index (κ1) is 17.2. The molecule has 2 unspecified atom stereocenters. The molecular formula is C20H22N6O2. The molecule has 3 aromatic heterocycles. The number of imidazole rings is 1. The van der Waals surface area contributed by atoms with Crippen molar-refractivity contribution in [2.45, 2.75) is 25.0 Å². The van der Waals surface area contributed by atoms with Gasteiger partial charge in [0.05, 0.1) is 29.9 Å². The number of hydrogen-bond donors (Lipinski definition) is 2. The third-order valence-corrected chi connectivity index (χ3v) is 5.26. The highest BCUT2D eigenvalue weighted by atomic mass is 16.5. The van der Waals surface area contributed by atoms with Crippen LogP contribution in [0.25, 0.3) is 23.2 Å². The normalized spacial score (nSPS) is 21.4. The van der Waals surface area contributed by atoms with Crippen LogP contribution in [0.3, 0.4) is 0 Å². The van der Waals surface area contributed by atoms with E-state index in [1.165, 1.54) is 0 Å². The molecule has 8 heteroatoms. The van der Waals surface area contributed by atoms with Gasteiger partial charge >= 0.3 is 0 Å². The van der Waals surface area contributed by atoms with Gasteiger partial charge in [0, 0.05) is 49.7 Å². The number of nitrogens with zero attached hydrogens (tertiary/aromatic N) is 4. The summed E-state index contributed by atoms with van der Waals surface area (Å²) in [6, 6.07) is 5.86. The maximum atomic E-state index is 6.02. The molecule has 5 heterocycles. The van der Waals surface area contributed by atoms with Gasteiger partial charge in [0.1, 0.15) is 11.9 Å². The molecule has 0 aromatic carbocycles. The number of hydrogen-bond acceptors (Lipinski definition) is 6. The Morgan fingerprint density at radius 2 is 2.21 bits per heavy atom. The summed E-state index contributed by atoms with van der Waals surface area (Å²) < 4.78 is 13.8. The summed E-state index contributed by atoms with van der Waals surface area (Å²) in [7, 11) is 1.72. The summed E-state index contributed by atoms with van der Waals surface area (Å²) in [6.07, 6.45) is 9.43.